The fourth-order valence-corrected chi connectivity index (χ4v) is 3.58. The Morgan fingerprint density at radius 2 is 1.94 bits per heavy atom. The first-order valence-corrected chi connectivity index (χ1v) is 6.74. The second kappa shape index (κ2) is 3.44. The van der Waals surface area contributed by atoms with E-state index in [0.29, 0.717) is 25.9 Å². The highest BCUT2D eigenvalue weighted by atomic mass is 19.3. The van der Waals surface area contributed by atoms with Crippen LogP contribution in [0.2, 0.25) is 0 Å². The van der Waals surface area contributed by atoms with Gasteiger partial charge in [0.05, 0.1) is 0 Å². The highest BCUT2D eigenvalue weighted by molar-refractivity contribution is 5.87. The van der Waals surface area contributed by atoms with Crippen LogP contribution in [-0.2, 0) is 4.79 Å². The van der Waals surface area contributed by atoms with Crippen molar-refractivity contribution < 1.29 is 13.6 Å². The fourth-order valence-electron chi connectivity index (χ4n) is 3.58. The van der Waals surface area contributed by atoms with Crippen LogP contribution >= 0.6 is 0 Å². The topological polar surface area (TPSA) is 46.3 Å². The van der Waals surface area contributed by atoms with Gasteiger partial charge >= 0.3 is 0 Å². The summed E-state index contributed by atoms with van der Waals surface area (Å²) in [7, 11) is 0. The minimum atomic E-state index is -2.91. The molecule has 1 atom stereocenters. The van der Waals surface area contributed by atoms with Gasteiger partial charge in [-0.25, -0.2) is 8.78 Å². The summed E-state index contributed by atoms with van der Waals surface area (Å²) >= 11 is 0. The van der Waals surface area contributed by atoms with Gasteiger partial charge in [0.1, 0.15) is 5.41 Å². The van der Waals surface area contributed by atoms with Crippen LogP contribution in [0.5, 0.6) is 0 Å². The van der Waals surface area contributed by atoms with E-state index in [1.807, 2.05) is 0 Å². The average Bonchev–Trinajstić information content (AvgIpc) is 2.94. The van der Waals surface area contributed by atoms with E-state index in [1.54, 1.807) is 4.90 Å². The van der Waals surface area contributed by atoms with E-state index in [1.165, 1.54) is 0 Å². The van der Waals surface area contributed by atoms with Gasteiger partial charge in [0, 0.05) is 31.5 Å². The summed E-state index contributed by atoms with van der Waals surface area (Å²) in [4.78, 5) is 13.9. The number of amides is 1. The molecular weight excluding hydrogens is 238 g/mol. The Morgan fingerprint density at radius 3 is 2.28 bits per heavy atom. The zero-order valence-corrected chi connectivity index (χ0v) is 10.7. The zero-order chi connectivity index (χ0) is 13.2. The molecule has 3 fully saturated rings. The summed E-state index contributed by atoms with van der Waals surface area (Å²) in [5, 5.41) is 0. The number of likely N-dealkylation sites (tertiary alicyclic amines) is 1. The number of halogens is 2. The minimum absolute atomic E-state index is 0.0310. The lowest BCUT2D eigenvalue weighted by Gasteiger charge is -2.41. The van der Waals surface area contributed by atoms with Gasteiger partial charge in [0.15, 0.2) is 0 Å². The van der Waals surface area contributed by atoms with E-state index in [2.05, 4.69) is 0 Å². The molecule has 2 saturated carbocycles. The monoisotopic (exact) mass is 258 g/mol. The van der Waals surface area contributed by atoms with Crippen molar-refractivity contribution in [2.24, 2.45) is 16.6 Å². The van der Waals surface area contributed by atoms with Crippen LogP contribution < -0.4 is 5.73 Å². The molecule has 1 amide bonds. The first-order valence-electron chi connectivity index (χ1n) is 6.74. The van der Waals surface area contributed by atoms with Crippen LogP contribution in [0.15, 0.2) is 0 Å². The van der Waals surface area contributed by atoms with Gasteiger partial charge in [0.25, 0.3) is 5.92 Å². The van der Waals surface area contributed by atoms with E-state index in [9.17, 15) is 13.6 Å². The third-order valence-electron chi connectivity index (χ3n) is 5.35. The number of carbonyl (C=O) groups is 1. The molecule has 5 heteroatoms. The predicted molar refractivity (Wildman–Crippen MR) is 63.1 cm³/mol. The Hall–Kier alpha value is -0.710. The number of rotatable bonds is 2. The standard InChI is InChI=1S/C13H20F2N2O/c1-11(14,15)13(5-6-13)10(18)17-7-9(16)12(8-17)3-2-4-12/h9H,2-8,16H2,1H3. The van der Waals surface area contributed by atoms with Crippen LogP contribution in [0, 0.1) is 10.8 Å². The molecule has 2 N–H and O–H groups in total. The van der Waals surface area contributed by atoms with Crippen molar-refractivity contribution in [3.05, 3.63) is 0 Å². The molecule has 0 bridgehead atoms. The second-order valence-corrected chi connectivity index (χ2v) is 6.48. The number of carbonyl (C=O) groups excluding carboxylic acids is 1. The Labute approximate surface area is 106 Å². The highest BCUT2D eigenvalue weighted by Crippen LogP contribution is 2.59. The van der Waals surface area contributed by atoms with Crippen LogP contribution in [0.4, 0.5) is 8.78 Å². The molecule has 0 aromatic heterocycles. The summed E-state index contributed by atoms with van der Waals surface area (Å²) in [6.45, 7) is 1.91. The van der Waals surface area contributed by atoms with Crippen molar-refractivity contribution in [1.29, 1.82) is 0 Å². The molecule has 3 nitrogen and oxygen atoms in total. The smallest absolute Gasteiger partial charge is 0.259 e. The maximum Gasteiger partial charge on any atom is 0.259 e. The fraction of sp³-hybridized carbons (Fsp3) is 0.923. The van der Waals surface area contributed by atoms with Crippen molar-refractivity contribution in [3.63, 3.8) is 0 Å². The number of nitrogens with zero attached hydrogens (tertiary/aromatic N) is 1. The Morgan fingerprint density at radius 1 is 1.33 bits per heavy atom. The van der Waals surface area contributed by atoms with Gasteiger partial charge in [0.2, 0.25) is 5.91 Å². The first kappa shape index (κ1) is 12.3. The van der Waals surface area contributed by atoms with Gasteiger partial charge in [-0.2, -0.15) is 0 Å². The van der Waals surface area contributed by atoms with Crippen molar-refractivity contribution in [2.75, 3.05) is 13.1 Å². The SMILES string of the molecule is CC(F)(F)C1(C(=O)N2CC(N)C3(CCC3)C2)CC1. The van der Waals surface area contributed by atoms with E-state index in [-0.39, 0.29) is 17.4 Å². The number of nitrogens with two attached hydrogens (primary N) is 1. The second-order valence-electron chi connectivity index (χ2n) is 6.48. The van der Waals surface area contributed by atoms with Crippen molar-refractivity contribution >= 4 is 5.91 Å². The lowest BCUT2D eigenvalue weighted by Crippen LogP contribution is -2.46. The predicted octanol–water partition coefficient (Wildman–Crippen LogP) is 1.76. The average molecular weight is 258 g/mol. The van der Waals surface area contributed by atoms with Gasteiger partial charge in [-0.05, 0) is 25.7 Å². The van der Waals surface area contributed by atoms with Crippen LogP contribution in [0.1, 0.15) is 39.0 Å². The molecule has 1 saturated heterocycles. The molecule has 1 heterocycles. The summed E-state index contributed by atoms with van der Waals surface area (Å²) < 4.78 is 27.1. The third kappa shape index (κ3) is 1.46. The zero-order valence-electron chi connectivity index (χ0n) is 10.7. The number of hydrogen-bond donors (Lipinski definition) is 1. The molecule has 1 spiro atoms. The summed E-state index contributed by atoms with van der Waals surface area (Å²) in [5.41, 5.74) is 4.72. The molecule has 18 heavy (non-hydrogen) atoms. The summed E-state index contributed by atoms with van der Waals surface area (Å²) in [6.07, 6.45) is 3.84. The lowest BCUT2D eigenvalue weighted by molar-refractivity contribution is -0.152. The quantitative estimate of drug-likeness (QED) is 0.820. The highest BCUT2D eigenvalue weighted by Gasteiger charge is 2.66. The van der Waals surface area contributed by atoms with E-state index >= 15 is 0 Å². The van der Waals surface area contributed by atoms with E-state index < -0.39 is 11.3 Å². The normalized spacial score (nSPS) is 32.4. The van der Waals surface area contributed by atoms with Crippen molar-refractivity contribution in [3.8, 4) is 0 Å². The van der Waals surface area contributed by atoms with Gasteiger partial charge < -0.3 is 10.6 Å². The molecule has 0 aromatic rings. The Bertz CT molecular complexity index is 383. The largest absolute Gasteiger partial charge is 0.340 e. The van der Waals surface area contributed by atoms with Crippen LogP contribution in [-0.4, -0.2) is 35.9 Å². The van der Waals surface area contributed by atoms with E-state index in [4.69, 9.17) is 5.73 Å². The van der Waals surface area contributed by atoms with Gasteiger partial charge in [-0.3, -0.25) is 4.79 Å². The van der Waals surface area contributed by atoms with Gasteiger partial charge in [-0.15, -0.1) is 0 Å². The summed E-state index contributed by atoms with van der Waals surface area (Å²) in [5.74, 6) is -3.28. The van der Waals surface area contributed by atoms with Crippen molar-refractivity contribution in [1.82, 2.24) is 4.90 Å². The van der Waals surface area contributed by atoms with E-state index in [0.717, 1.165) is 26.2 Å². The molecule has 1 unspecified atom stereocenters. The molecule has 0 aromatic carbocycles. The van der Waals surface area contributed by atoms with Crippen LogP contribution in [0.25, 0.3) is 0 Å². The van der Waals surface area contributed by atoms with Crippen molar-refractivity contribution in [2.45, 2.75) is 51.0 Å². The number of alkyl halides is 2. The Kier molecular flexibility index (Phi) is 2.35. The molecule has 0 radical (unpaired) electrons. The maximum absolute atomic E-state index is 13.6. The molecule has 102 valence electrons. The molecule has 3 aliphatic rings. The summed E-state index contributed by atoms with van der Waals surface area (Å²) in [6, 6.07) is -0.0310. The van der Waals surface area contributed by atoms with Crippen LogP contribution in [0.3, 0.4) is 0 Å². The molecule has 3 rings (SSSR count). The maximum atomic E-state index is 13.6. The molecular formula is C13H20F2N2O. The minimum Gasteiger partial charge on any atom is -0.340 e. The molecule has 2 aliphatic carbocycles. The lowest BCUT2D eigenvalue weighted by atomic mass is 9.66. The molecule has 1 aliphatic heterocycles. The first-order chi connectivity index (χ1) is 8.31. The number of hydrogen-bond acceptors (Lipinski definition) is 2. The third-order valence-corrected chi connectivity index (χ3v) is 5.35. The Balaban J connectivity index is 1.76. The van der Waals surface area contributed by atoms with Gasteiger partial charge in [-0.1, -0.05) is 6.42 Å².